The quantitative estimate of drug-likeness (QED) is 0.793. The van der Waals surface area contributed by atoms with Crippen molar-refractivity contribution in [2.75, 3.05) is 38.7 Å². The molecule has 0 radical (unpaired) electrons. The van der Waals surface area contributed by atoms with Crippen LogP contribution < -0.4 is 0 Å². The average Bonchev–Trinajstić information content (AvgIpc) is 3.05. The number of rotatable bonds is 4. The van der Waals surface area contributed by atoms with E-state index in [2.05, 4.69) is 11.0 Å². The van der Waals surface area contributed by atoms with E-state index in [1.807, 2.05) is 17.0 Å². The number of pyridine rings is 1. The van der Waals surface area contributed by atoms with Crippen molar-refractivity contribution in [1.82, 2.24) is 14.8 Å². The van der Waals surface area contributed by atoms with Crippen LogP contribution in [0.3, 0.4) is 0 Å². The third-order valence-corrected chi connectivity index (χ3v) is 4.58. The number of halogens is 1. The monoisotopic (exact) mass is 323 g/mol. The highest BCUT2D eigenvalue weighted by Crippen LogP contribution is 2.31. The summed E-state index contributed by atoms with van der Waals surface area (Å²) in [4.78, 5) is 21.0. The molecular formula is C16H22ClN3O2. The molecule has 5 nitrogen and oxygen atoms in total. The van der Waals surface area contributed by atoms with Crippen LogP contribution in [0.1, 0.15) is 30.3 Å². The van der Waals surface area contributed by atoms with Gasteiger partial charge in [-0.15, -0.1) is 11.6 Å². The Labute approximate surface area is 136 Å². The van der Waals surface area contributed by atoms with Crippen molar-refractivity contribution in [2.45, 2.75) is 25.4 Å². The normalized spacial score (nSPS) is 23.0. The van der Waals surface area contributed by atoms with Crippen LogP contribution in [0, 0.1) is 0 Å². The van der Waals surface area contributed by atoms with Gasteiger partial charge in [-0.25, -0.2) is 0 Å². The number of alkyl halides is 1. The highest BCUT2D eigenvalue weighted by atomic mass is 35.5. The first-order chi connectivity index (χ1) is 10.8. The number of aromatic nitrogens is 1. The smallest absolute Gasteiger partial charge is 0.238 e. The van der Waals surface area contributed by atoms with Crippen molar-refractivity contribution in [3.8, 4) is 0 Å². The van der Waals surface area contributed by atoms with Crippen LogP contribution in [0.15, 0.2) is 18.2 Å². The molecule has 1 amide bonds. The molecule has 6 heteroatoms. The highest BCUT2D eigenvalue weighted by molar-refractivity contribution is 6.27. The largest absolute Gasteiger partial charge is 0.379 e. The van der Waals surface area contributed by atoms with E-state index in [9.17, 15) is 4.79 Å². The van der Waals surface area contributed by atoms with Gasteiger partial charge in [-0.05, 0) is 25.0 Å². The van der Waals surface area contributed by atoms with Crippen LogP contribution in [0.2, 0.25) is 0 Å². The number of hydrogen-bond donors (Lipinski definition) is 0. The summed E-state index contributed by atoms with van der Waals surface area (Å²) in [5, 5.41) is 0. The number of hydrogen-bond acceptors (Lipinski definition) is 4. The number of carbonyl (C=O) groups excluding carboxylic acids is 1. The fourth-order valence-corrected chi connectivity index (χ4v) is 3.36. The molecule has 2 aliphatic heterocycles. The van der Waals surface area contributed by atoms with Crippen LogP contribution in [0.25, 0.3) is 0 Å². The lowest BCUT2D eigenvalue weighted by atomic mass is 10.1. The third kappa shape index (κ3) is 3.59. The van der Waals surface area contributed by atoms with Crippen molar-refractivity contribution < 1.29 is 9.53 Å². The predicted molar refractivity (Wildman–Crippen MR) is 84.7 cm³/mol. The molecule has 0 aliphatic carbocycles. The van der Waals surface area contributed by atoms with E-state index in [1.54, 1.807) is 0 Å². The lowest BCUT2D eigenvalue weighted by molar-refractivity contribution is -0.129. The Morgan fingerprint density at radius 2 is 2.14 bits per heavy atom. The lowest BCUT2D eigenvalue weighted by Crippen LogP contribution is -2.36. The molecule has 0 aromatic carbocycles. The van der Waals surface area contributed by atoms with Gasteiger partial charge in [-0.1, -0.05) is 6.07 Å². The molecule has 2 aliphatic rings. The van der Waals surface area contributed by atoms with Crippen molar-refractivity contribution in [2.24, 2.45) is 0 Å². The van der Waals surface area contributed by atoms with Crippen LogP contribution in [-0.4, -0.2) is 59.4 Å². The van der Waals surface area contributed by atoms with E-state index in [-0.39, 0.29) is 17.8 Å². The zero-order valence-corrected chi connectivity index (χ0v) is 13.5. The zero-order chi connectivity index (χ0) is 15.4. The standard InChI is InChI=1S/C16H22ClN3O2/c17-11-16(21)20-6-2-5-15(20)14-4-1-3-13(18-14)12-19-7-9-22-10-8-19/h1,3-4,15H,2,5-12H2. The van der Waals surface area contributed by atoms with Gasteiger partial charge in [0.05, 0.1) is 30.6 Å². The first-order valence-electron chi connectivity index (χ1n) is 7.89. The second-order valence-electron chi connectivity index (χ2n) is 5.82. The summed E-state index contributed by atoms with van der Waals surface area (Å²) in [5.74, 6) is 0.0498. The third-order valence-electron chi connectivity index (χ3n) is 4.35. The summed E-state index contributed by atoms with van der Waals surface area (Å²) in [6.07, 6.45) is 1.99. The Bertz CT molecular complexity index is 520. The minimum atomic E-state index is 0.00421. The van der Waals surface area contributed by atoms with Gasteiger partial charge in [0.2, 0.25) is 5.91 Å². The molecule has 120 valence electrons. The number of ether oxygens (including phenoxy) is 1. The molecule has 1 aromatic rings. The molecular weight excluding hydrogens is 302 g/mol. The molecule has 0 N–H and O–H groups in total. The fraction of sp³-hybridized carbons (Fsp3) is 0.625. The van der Waals surface area contributed by atoms with E-state index in [0.717, 1.165) is 63.6 Å². The maximum Gasteiger partial charge on any atom is 0.238 e. The number of likely N-dealkylation sites (tertiary alicyclic amines) is 1. The molecule has 1 atom stereocenters. The van der Waals surface area contributed by atoms with Crippen LogP contribution in [0.4, 0.5) is 0 Å². The zero-order valence-electron chi connectivity index (χ0n) is 12.7. The fourth-order valence-electron chi connectivity index (χ4n) is 3.21. The Morgan fingerprint density at radius 1 is 1.32 bits per heavy atom. The first-order valence-corrected chi connectivity index (χ1v) is 8.43. The minimum Gasteiger partial charge on any atom is -0.379 e. The van der Waals surface area contributed by atoms with E-state index in [0.29, 0.717) is 0 Å². The van der Waals surface area contributed by atoms with Crippen molar-refractivity contribution in [1.29, 1.82) is 0 Å². The maximum absolute atomic E-state index is 11.9. The van der Waals surface area contributed by atoms with Gasteiger partial charge in [-0.2, -0.15) is 0 Å². The second-order valence-corrected chi connectivity index (χ2v) is 6.09. The lowest BCUT2D eigenvalue weighted by Gasteiger charge is -2.27. The summed E-state index contributed by atoms with van der Waals surface area (Å²) < 4.78 is 5.38. The first kappa shape index (κ1) is 15.7. The Balaban J connectivity index is 1.71. The highest BCUT2D eigenvalue weighted by Gasteiger charge is 2.30. The molecule has 0 saturated carbocycles. The van der Waals surface area contributed by atoms with Crippen LogP contribution in [0.5, 0.6) is 0 Å². The number of carbonyl (C=O) groups is 1. The molecule has 2 fully saturated rings. The van der Waals surface area contributed by atoms with Gasteiger partial charge < -0.3 is 9.64 Å². The molecule has 3 rings (SSSR count). The molecule has 3 heterocycles. The van der Waals surface area contributed by atoms with Gasteiger partial charge in [0.1, 0.15) is 5.88 Å². The van der Waals surface area contributed by atoms with Gasteiger partial charge in [0.25, 0.3) is 0 Å². The Kier molecular flexibility index (Phi) is 5.28. The van der Waals surface area contributed by atoms with E-state index in [1.165, 1.54) is 0 Å². The molecule has 0 spiro atoms. The minimum absolute atomic E-state index is 0.00421. The number of amides is 1. The van der Waals surface area contributed by atoms with Gasteiger partial charge in [0, 0.05) is 26.2 Å². The summed E-state index contributed by atoms with van der Waals surface area (Å²) >= 11 is 5.71. The SMILES string of the molecule is O=C(CCl)N1CCCC1c1cccc(CN2CCOCC2)n1. The van der Waals surface area contributed by atoms with Gasteiger partial charge >= 0.3 is 0 Å². The van der Waals surface area contributed by atoms with Crippen molar-refractivity contribution in [3.05, 3.63) is 29.6 Å². The topological polar surface area (TPSA) is 45.7 Å². The molecule has 22 heavy (non-hydrogen) atoms. The predicted octanol–water partition coefficient (Wildman–Crippen LogP) is 1.82. The maximum atomic E-state index is 11.9. The number of nitrogens with zero attached hydrogens (tertiary/aromatic N) is 3. The van der Waals surface area contributed by atoms with Crippen LogP contribution >= 0.6 is 11.6 Å². The van der Waals surface area contributed by atoms with Gasteiger partial charge in [0.15, 0.2) is 0 Å². The van der Waals surface area contributed by atoms with Crippen molar-refractivity contribution in [3.63, 3.8) is 0 Å². The molecule has 2 saturated heterocycles. The molecule has 1 aromatic heterocycles. The molecule has 0 bridgehead atoms. The van der Waals surface area contributed by atoms with Crippen LogP contribution in [-0.2, 0) is 16.1 Å². The summed E-state index contributed by atoms with van der Waals surface area (Å²) in [6, 6.07) is 6.20. The molecule has 1 unspecified atom stereocenters. The van der Waals surface area contributed by atoms with Crippen molar-refractivity contribution >= 4 is 17.5 Å². The Hall–Kier alpha value is -1.17. The van der Waals surface area contributed by atoms with E-state index < -0.39 is 0 Å². The van der Waals surface area contributed by atoms with E-state index >= 15 is 0 Å². The average molecular weight is 324 g/mol. The Morgan fingerprint density at radius 3 is 2.91 bits per heavy atom. The van der Waals surface area contributed by atoms with E-state index in [4.69, 9.17) is 21.3 Å². The second kappa shape index (κ2) is 7.40. The summed E-state index contributed by atoms with van der Waals surface area (Å²) in [6.45, 7) is 5.11. The summed E-state index contributed by atoms with van der Waals surface area (Å²) in [5.41, 5.74) is 2.05. The number of morpholine rings is 1. The summed E-state index contributed by atoms with van der Waals surface area (Å²) in [7, 11) is 0. The van der Waals surface area contributed by atoms with Gasteiger partial charge in [-0.3, -0.25) is 14.7 Å².